The van der Waals surface area contributed by atoms with Crippen LogP contribution in [-0.4, -0.2) is 19.7 Å². The van der Waals surface area contributed by atoms with E-state index in [1.54, 1.807) is 18.2 Å². The zero-order valence-corrected chi connectivity index (χ0v) is 22.7. The van der Waals surface area contributed by atoms with Crippen LogP contribution in [0.1, 0.15) is 16.7 Å². The van der Waals surface area contributed by atoms with Crippen molar-refractivity contribution in [1.82, 2.24) is 0 Å². The fourth-order valence-corrected chi connectivity index (χ4v) is 5.92. The van der Waals surface area contributed by atoms with Crippen LogP contribution in [0.25, 0.3) is 0 Å². The van der Waals surface area contributed by atoms with Gasteiger partial charge in [-0.1, -0.05) is 71.6 Å². The third-order valence-corrected chi connectivity index (χ3v) is 8.34. The predicted octanol–water partition coefficient (Wildman–Crippen LogP) is 7.33. The van der Waals surface area contributed by atoms with Crippen LogP contribution in [0, 0.1) is 17.7 Å². The molecular weight excluding hydrogens is 589 g/mol. The van der Waals surface area contributed by atoms with E-state index in [0.717, 1.165) is 46.8 Å². The van der Waals surface area contributed by atoms with E-state index in [1.165, 1.54) is 36.4 Å². The van der Waals surface area contributed by atoms with Crippen LogP contribution in [-0.2, 0) is 22.2 Å². The molecule has 0 aliphatic rings. The van der Waals surface area contributed by atoms with Crippen LogP contribution in [0.4, 0.5) is 23.2 Å². The van der Waals surface area contributed by atoms with Crippen molar-refractivity contribution >= 4 is 38.9 Å². The predicted molar refractivity (Wildman–Crippen MR) is 146 cm³/mol. The Morgan fingerprint density at radius 2 is 1.48 bits per heavy atom. The summed E-state index contributed by atoms with van der Waals surface area (Å²) >= 11 is 12.2. The van der Waals surface area contributed by atoms with Gasteiger partial charge in [-0.25, -0.2) is 12.8 Å². The molecule has 1 atom stereocenters. The van der Waals surface area contributed by atoms with Gasteiger partial charge < -0.3 is 5.11 Å². The molecule has 4 rings (SSSR count). The maximum atomic E-state index is 14.0. The monoisotopic (exact) mass is 607 g/mol. The molecule has 0 saturated carbocycles. The fourth-order valence-electron chi connectivity index (χ4n) is 3.72. The smallest absolute Gasteiger partial charge is 0.366 e. The molecule has 11 heteroatoms. The molecule has 0 aliphatic carbocycles. The van der Waals surface area contributed by atoms with Crippen LogP contribution in [0.2, 0.25) is 10.0 Å². The molecule has 0 aliphatic heterocycles. The lowest BCUT2D eigenvalue weighted by molar-refractivity contribution is -0.240. The summed E-state index contributed by atoms with van der Waals surface area (Å²) in [5.74, 6) is 3.71. The molecule has 0 heterocycles. The number of rotatable bonds is 6. The molecular formula is C29H19Cl2F4NO3S. The van der Waals surface area contributed by atoms with Crippen molar-refractivity contribution in [2.24, 2.45) is 0 Å². The zero-order valence-electron chi connectivity index (χ0n) is 20.3. The number of benzene rings is 4. The Hall–Kier alpha value is -3.55. The molecule has 0 bridgehead atoms. The Morgan fingerprint density at radius 3 is 2.08 bits per heavy atom. The van der Waals surface area contributed by atoms with E-state index >= 15 is 0 Å². The summed E-state index contributed by atoms with van der Waals surface area (Å²) in [6.45, 7) is -0.317. The van der Waals surface area contributed by atoms with Crippen molar-refractivity contribution in [3.05, 3.63) is 130 Å². The molecule has 206 valence electrons. The van der Waals surface area contributed by atoms with Crippen LogP contribution < -0.4 is 4.31 Å². The Labute approximate surface area is 238 Å². The number of hydrogen-bond acceptors (Lipinski definition) is 3. The quantitative estimate of drug-likeness (QED) is 0.184. The first kappa shape index (κ1) is 29.4. The van der Waals surface area contributed by atoms with Crippen molar-refractivity contribution < 1.29 is 31.1 Å². The van der Waals surface area contributed by atoms with Gasteiger partial charge >= 0.3 is 6.18 Å². The Kier molecular flexibility index (Phi) is 8.47. The minimum atomic E-state index is -5.18. The molecule has 4 nitrogen and oxygen atoms in total. The highest BCUT2D eigenvalue weighted by Crippen LogP contribution is 2.40. The molecule has 0 saturated heterocycles. The summed E-state index contributed by atoms with van der Waals surface area (Å²) in [7, 11) is -4.43. The number of sulfonamides is 1. The number of aliphatic hydroxyl groups is 1. The van der Waals surface area contributed by atoms with Crippen molar-refractivity contribution in [3.63, 3.8) is 0 Å². The second-order valence-corrected chi connectivity index (χ2v) is 11.3. The molecule has 4 aromatic rings. The number of nitrogens with zero attached hydrogens (tertiary/aromatic N) is 1. The Bertz CT molecular complexity index is 1670. The first-order valence-corrected chi connectivity index (χ1v) is 13.7. The van der Waals surface area contributed by atoms with E-state index in [9.17, 15) is 31.1 Å². The second-order valence-electron chi connectivity index (χ2n) is 8.58. The Balaban J connectivity index is 1.80. The van der Waals surface area contributed by atoms with Gasteiger partial charge in [-0.05, 0) is 66.1 Å². The van der Waals surface area contributed by atoms with Crippen LogP contribution in [0.3, 0.4) is 0 Å². The lowest BCUT2D eigenvalue weighted by Crippen LogP contribution is -2.41. The van der Waals surface area contributed by atoms with Gasteiger partial charge in [0.25, 0.3) is 10.0 Å². The van der Waals surface area contributed by atoms with Crippen molar-refractivity contribution in [1.29, 1.82) is 0 Å². The summed E-state index contributed by atoms with van der Waals surface area (Å²) in [4.78, 5) is -0.339. The van der Waals surface area contributed by atoms with E-state index in [4.69, 9.17) is 23.2 Å². The fraction of sp³-hybridized carbons (Fsp3) is 0.103. The zero-order chi connectivity index (χ0) is 29.1. The van der Waals surface area contributed by atoms with Gasteiger partial charge in [0.2, 0.25) is 5.60 Å². The van der Waals surface area contributed by atoms with Crippen LogP contribution >= 0.6 is 23.2 Å². The highest BCUT2D eigenvalue weighted by Gasteiger charge is 2.54. The lowest BCUT2D eigenvalue weighted by atomic mass is 9.93. The molecule has 0 fully saturated rings. The van der Waals surface area contributed by atoms with E-state index in [2.05, 4.69) is 5.92 Å². The highest BCUT2D eigenvalue weighted by molar-refractivity contribution is 7.93. The van der Waals surface area contributed by atoms with Crippen molar-refractivity contribution in [3.8, 4) is 11.8 Å². The molecule has 0 radical (unpaired) electrons. The lowest BCUT2D eigenvalue weighted by Gasteiger charge is -2.28. The summed E-state index contributed by atoms with van der Waals surface area (Å²) in [6.07, 6.45) is -5.18. The topological polar surface area (TPSA) is 57.6 Å². The van der Waals surface area contributed by atoms with Gasteiger partial charge in [0.1, 0.15) is 10.7 Å². The average molecular weight is 608 g/mol. The average Bonchev–Trinajstić information content (AvgIpc) is 2.92. The number of hydrogen-bond donors (Lipinski definition) is 1. The van der Waals surface area contributed by atoms with Crippen molar-refractivity contribution in [2.75, 3.05) is 4.31 Å². The largest absolute Gasteiger partial charge is 0.433 e. The highest BCUT2D eigenvalue weighted by atomic mass is 35.5. The van der Waals surface area contributed by atoms with Crippen molar-refractivity contribution in [2.45, 2.75) is 23.2 Å². The summed E-state index contributed by atoms with van der Waals surface area (Å²) in [5.41, 5.74) is -3.57. The maximum Gasteiger partial charge on any atom is 0.433 e. The standard InChI is InChI=1S/C29H19Cl2F4NO3S/c30-23-10-15-26(31)27(18-23)40(38,39)36(19-21-6-11-24(32)12-7-21)25-13-8-22(9-14-25)28(37,29(33,34)35)17-16-20-4-2-1-3-5-20/h1-15,18,37H,19H2. The SMILES string of the molecule is O=S(=O)(c1cc(Cl)ccc1Cl)N(Cc1ccc(F)cc1)c1ccc(C(O)(C#Cc2ccccc2)C(F)(F)F)cc1. The summed E-state index contributed by atoms with van der Waals surface area (Å²) in [6, 6.07) is 20.8. The van der Waals surface area contributed by atoms with Gasteiger partial charge in [-0.2, -0.15) is 13.2 Å². The number of halogens is 6. The van der Waals surface area contributed by atoms with Crippen LogP contribution in [0.15, 0.2) is 102 Å². The van der Waals surface area contributed by atoms with Gasteiger partial charge in [0.15, 0.2) is 0 Å². The molecule has 4 aromatic carbocycles. The van der Waals surface area contributed by atoms with E-state index < -0.39 is 33.2 Å². The summed E-state index contributed by atoms with van der Waals surface area (Å²) in [5, 5.41) is 10.6. The number of anilines is 1. The summed E-state index contributed by atoms with van der Waals surface area (Å²) < 4.78 is 84.0. The molecule has 0 amide bonds. The van der Waals surface area contributed by atoms with Gasteiger partial charge in [-0.3, -0.25) is 4.31 Å². The third kappa shape index (κ3) is 6.26. The first-order chi connectivity index (χ1) is 18.8. The van der Waals surface area contributed by atoms with E-state index in [-0.39, 0.29) is 32.7 Å². The van der Waals surface area contributed by atoms with Gasteiger partial charge in [-0.15, -0.1) is 0 Å². The normalized spacial score (nSPS) is 13.2. The number of alkyl halides is 3. The molecule has 40 heavy (non-hydrogen) atoms. The van der Waals surface area contributed by atoms with Crippen LogP contribution in [0.5, 0.6) is 0 Å². The molecule has 0 spiro atoms. The van der Waals surface area contributed by atoms with E-state index in [0.29, 0.717) is 5.56 Å². The maximum absolute atomic E-state index is 14.0. The van der Waals surface area contributed by atoms with Gasteiger partial charge in [0.05, 0.1) is 17.3 Å². The molecule has 1 N–H and O–H groups in total. The minimum Gasteiger partial charge on any atom is -0.366 e. The third-order valence-electron chi connectivity index (χ3n) is 5.85. The second kappa shape index (κ2) is 11.5. The first-order valence-electron chi connectivity index (χ1n) is 11.5. The minimum absolute atomic E-state index is 0.0512. The molecule has 0 aromatic heterocycles. The van der Waals surface area contributed by atoms with Gasteiger partial charge in [0, 0.05) is 16.1 Å². The van der Waals surface area contributed by atoms with E-state index in [1.807, 2.05) is 5.92 Å². The molecule has 1 unspecified atom stereocenters. The Morgan fingerprint density at radius 1 is 0.850 bits per heavy atom.